The van der Waals surface area contributed by atoms with Crippen molar-refractivity contribution < 1.29 is 9.90 Å². The van der Waals surface area contributed by atoms with Crippen LogP contribution in [0, 0.1) is 11.3 Å². The van der Waals surface area contributed by atoms with Gasteiger partial charge in [-0.25, -0.2) is 4.98 Å². The third-order valence-corrected chi connectivity index (χ3v) is 5.80. The SMILES string of the molecule is N#CCCc1c(SC(C(=O)O)c2ccccc2)ncc2c1CCCC2. The number of nitrogens with zero attached hydrogens (tertiary/aromatic N) is 2. The third-order valence-electron chi connectivity index (χ3n) is 4.51. The van der Waals surface area contributed by atoms with Gasteiger partial charge in [-0.15, -0.1) is 0 Å². The van der Waals surface area contributed by atoms with Gasteiger partial charge in [-0.3, -0.25) is 4.79 Å². The van der Waals surface area contributed by atoms with E-state index in [0.29, 0.717) is 12.8 Å². The summed E-state index contributed by atoms with van der Waals surface area (Å²) in [6.45, 7) is 0. The number of hydrogen-bond acceptors (Lipinski definition) is 4. The second-order valence-corrected chi connectivity index (χ2v) is 7.25. The molecule has 0 fully saturated rings. The molecule has 25 heavy (non-hydrogen) atoms. The predicted octanol–water partition coefficient (Wildman–Crippen LogP) is 4.33. The minimum Gasteiger partial charge on any atom is -0.480 e. The summed E-state index contributed by atoms with van der Waals surface area (Å²) >= 11 is 1.28. The Balaban J connectivity index is 1.97. The molecule has 0 spiro atoms. The minimum atomic E-state index is -0.873. The Kier molecular flexibility index (Phi) is 5.72. The van der Waals surface area contributed by atoms with Crippen molar-refractivity contribution in [2.24, 2.45) is 0 Å². The summed E-state index contributed by atoms with van der Waals surface area (Å²) in [4.78, 5) is 16.4. The van der Waals surface area contributed by atoms with E-state index in [4.69, 9.17) is 5.26 Å². The van der Waals surface area contributed by atoms with Gasteiger partial charge in [-0.1, -0.05) is 42.1 Å². The Morgan fingerprint density at radius 3 is 2.76 bits per heavy atom. The van der Waals surface area contributed by atoms with Crippen molar-refractivity contribution >= 4 is 17.7 Å². The van der Waals surface area contributed by atoms with Crippen molar-refractivity contribution in [2.45, 2.75) is 48.8 Å². The molecule has 1 atom stereocenters. The number of aliphatic carboxylic acids is 1. The molecule has 0 aliphatic heterocycles. The van der Waals surface area contributed by atoms with Gasteiger partial charge >= 0.3 is 5.97 Å². The summed E-state index contributed by atoms with van der Waals surface area (Å²) in [5, 5.41) is 18.8. The Bertz CT molecular complexity index is 799. The van der Waals surface area contributed by atoms with E-state index in [2.05, 4.69) is 11.1 Å². The normalized spacial score (nSPS) is 14.4. The number of hydrogen-bond donors (Lipinski definition) is 1. The number of rotatable bonds is 6. The van der Waals surface area contributed by atoms with Crippen molar-refractivity contribution in [3.8, 4) is 6.07 Å². The molecule has 1 aromatic heterocycles. The first-order valence-corrected chi connectivity index (χ1v) is 9.39. The molecule has 1 aliphatic rings. The van der Waals surface area contributed by atoms with Gasteiger partial charge in [-0.05, 0) is 54.4 Å². The van der Waals surface area contributed by atoms with Crippen molar-refractivity contribution in [1.82, 2.24) is 4.98 Å². The molecule has 1 aromatic carbocycles. The van der Waals surface area contributed by atoms with Crippen LogP contribution in [0.3, 0.4) is 0 Å². The van der Waals surface area contributed by atoms with E-state index in [1.807, 2.05) is 36.5 Å². The number of carboxylic acid groups (broad SMARTS) is 1. The molecule has 1 unspecified atom stereocenters. The fourth-order valence-corrected chi connectivity index (χ4v) is 4.40. The van der Waals surface area contributed by atoms with Gasteiger partial charge in [0.05, 0.1) is 6.07 Å². The molecule has 0 saturated carbocycles. The van der Waals surface area contributed by atoms with Gasteiger partial charge in [0.15, 0.2) is 0 Å². The molecule has 1 aliphatic carbocycles. The second kappa shape index (κ2) is 8.17. The smallest absolute Gasteiger partial charge is 0.321 e. The van der Waals surface area contributed by atoms with Crippen LogP contribution in [-0.2, 0) is 24.1 Å². The van der Waals surface area contributed by atoms with Gasteiger partial charge < -0.3 is 5.11 Å². The lowest BCUT2D eigenvalue weighted by molar-refractivity contribution is -0.136. The molecule has 0 saturated heterocycles. The van der Waals surface area contributed by atoms with Crippen LogP contribution in [0.25, 0.3) is 0 Å². The topological polar surface area (TPSA) is 74.0 Å². The van der Waals surface area contributed by atoms with Gasteiger partial charge in [0, 0.05) is 12.6 Å². The molecule has 1 N–H and O–H groups in total. The quantitative estimate of drug-likeness (QED) is 0.783. The van der Waals surface area contributed by atoms with Crippen molar-refractivity contribution in [3.63, 3.8) is 0 Å². The van der Waals surface area contributed by atoms with E-state index < -0.39 is 11.2 Å². The van der Waals surface area contributed by atoms with Crippen molar-refractivity contribution in [3.05, 3.63) is 58.8 Å². The average Bonchev–Trinajstić information content (AvgIpc) is 2.65. The zero-order chi connectivity index (χ0) is 17.6. The third kappa shape index (κ3) is 4.02. The summed E-state index contributed by atoms with van der Waals surface area (Å²) in [6.07, 6.45) is 7.28. The van der Waals surface area contributed by atoms with Crippen LogP contribution in [-0.4, -0.2) is 16.1 Å². The summed E-state index contributed by atoms with van der Waals surface area (Å²) in [6, 6.07) is 11.4. The largest absolute Gasteiger partial charge is 0.480 e. The maximum absolute atomic E-state index is 11.8. The number of carbonyl (C=O) groups is 1. The number of benzene rings is 1. The number of aryl methyl sites for hydroxylation is 1. The Hall–Kier alpha value is -2.32. The molecule has 2 aromatic rings. The molecule has 0 bridgehead atoms. The molecular weight excluding hydrogens is 332 g/mol. The van der Waals surface area contributed by atoms with Crippen LogP contribution in [0.5, 0.6) is 0 Å². The first-order chi connectivity index (χ1) is 12.2. The molecule has 0 amide bonds. The lowest BCUT2D eigenvalue weighted by Crippen LogP contribution is -2.12. The Morgan fingerprint density at radius 2 is 2.04 bits per heavy atom. The van der Waals surface area contributed by atoms with Gasteiger partial charge in [0.2, 0.25) is 0 Å². The molecule has 4 nitrogen and oxygen atoms in total. The minimum absolute atomic E-state index is 0.425. The zero-order valence-corrected chi connectivity index (χ0v) is 14.8. The highest BCUT2D eigenvalue weighted by atomic mass is 32.2. The van der Waals surface area contributed by atoms with E-state index in [0.717, 1.165) is 35.4 Å². The summed E-state index contributed by atoms with van der Waals surface area (Å²) in [5.74, 6) is -0.873. The highest BCUT2D eigenvalue weighted by molar-refractivity contribution is 8.00. The van der Waals surface area contributed by atoms with Crippen LogP contribution in [0.1, 0.15) is 46.8 Å². The van der Waals surface area contributed by atoms with Crippen LogP contribution in [0.4, 0.5) is 0 Å². The molecule has 5 heteroatoms. The Labute approximate surface area is 151 Å². The van der Waals surface area contributed by atoms with E-state index in [-0.39, 0.29) is 0 Å². The molecule has 128 valence electrons. The van der Waals surface area contributed by atoms with Crippen LogP contribution in [0.15, 0.2) is 41.6 Å². The number of aromatic nitrogens is 1. The average molecular weight is 352 g/mol. The maximum atomic E-state index is 11.8. The molecule has 3 rings (SSSR count). The Morgan fingerprint density at radius 1 is 1.28 bits per heavy atom. The molecule has 0 radical (unpaired) electrons. The van der Waals surface area contributed by atoms with Crippen molar-refractivity contribution in [2.75, 3.05) is 0 Å². The maximum Gasteiger partial charge on any atom is 0.321 e. The number of thioether (sulfide) groups is 1. The van der Waals surface area contributed by atoms with E-state index in [9.17, 15) is 9.90 Å². The number of nitriles is 1. The van der Waals surface area contributed by atoms with Crippen LogP contribution < -0.4 is 0 Å². The fourth-order valence-electron chi connectivity index (χ4n) is 3.30. The highest BCUT2D eigenvalue weighted by Crippen LogP contribution is 2.39. The summed E-state index contributed by atoms with van der Waals surface area (Å²) < 4.78 is 0. The second-order valence-electron chi connectivity index (χ2n) is 6.16. The lowest BCUT2D eigenvalue weighted by atomic mass is 9.89. The van der Waals surface area contributed by atoms with Gasteiger partial charge in [0.25, 0.3) is 0 Å². The van der Waals surface area contributed by atoms with E-state index in [1.165, 1.54) is 29.3 Å². The number of pyridine rings is 1. The van der Waals surface area contributed by atoms with E-state index in [1.54, 1.807) is 0 Å². The molecular formula is C20H20N2O2S. The highest BCUT2D eigenvalue weighted by Gasteiger charge is 2.25. The van der Waals surface area contributed by atoms with Gasteiger partial charge in [0.1, 0.15) is 10.3 Å². The van der Waals surface area contributed by atoms with Crippen LogP contribution >= 0.6 is 11.8 Å². The predicted molar refractivity (Wildman–Crippen MR) is 97.5 cm³/mol. The molecule has 1 heterocycles. The van der Waals surface area contributed by atoms with Gasteiger partial charge in [-0.2, -0.15) is 5.26 Å². The number of carboxylic acids is 1. The first-order valence-electron chi connectivity index (χ1n) is 8.51. The first kappa shape index (κ1) is 17.5. The lowest BCUT2D eigenvalue weighted by Gasteiger charge is -2.22. The fraction of sp³-hybridized carbons (Fsp3) is 0.350. The summed E-state index contributed by atoms with van der Waals surface area (Å²) in [7, 11) is 0. The van der Waals surface area contributed by atoms with Crippen LogP contribution in [0.2, 0.25) is 0 Å². The monoisotopic (exact) mass is 352 g/mol. The number of fused-ring (bicyclic) bond motifs is 1. The zero-order valence-electron chi connectivity index (χ0n) is 13.9. The summed E-state index contributed by atoms with van der Waals surface area (Å²) in [5.41, 5.74) is 4.38. The van der Waals surface area contributed by atoms with E-state index >= 15 is 0 Å². The van der Waals surface area contributed by atoms with Crippen molar-refractivity contribution in [1.29, 1.82) is 5.26 Å². The standard InChI is InChI=1S/C20H20N2O2S/c21-12-6-11-17-16-10-5-4-9-15(16)13-22-19(17)25-18(20(23)24)14-7-2-1-3-8-14/h1-3,7-8,13,18H,4-6,9-11H2,(H,23,24).